The first-order valence-corrected chi connectivity index (χ1v) is 14.8. The Labute approximate surface area is 234 Å². The van der Waals surface area contributed by atoms with Gasteiger partial charge in [0.25, 0.3) is 0 Å². The highest BCUT2D eigenvalue weighted by atomic mass is 16.5. The Hall–Kier alpha value is -3.41. The monoisotopic (exact) mass is 530 g/mol. The Morgan fingerprint density at radius 2 is 1.44 bits per heavy atom. The molecule has 0 fully saturated rings. The molecule has 0 saturated carbocycles. The fourth-order valence-electron chi connectivity index (χ4n) is 4.70. The predicted octanol–water partition coefficient (Wildman–Crippen LogP) is 8.48. The van der Waals surface area contributed by atoms with Crippen LogP contribution in [-0.2, 0) is 4.79 Å². The number of amides is 1. The maximum absolute atomic E-state index is 12.3. The Morgan fingerprint density at radius 1 is 0.846 bits per heavy atom. The molecule has 2 aromatic carbocycles. The maximum Gasteiger partial charge on any atom is 0.240 e. The largest absolute Gasteiger partial charge is 0.497 e. The Kier molecular flexibility index (Phi) is 13.9. The van der Waals surface area contributed by atoms with E-state index in [9.17, 15) is 4.79 Å². The van der Waals surface area contributed by atoms with Gasteiger partial charge in [-0.25, -0.2) is 10.1 Å². The summed E-state index contributed by atoms with van der Waals surface area (Å²) >= 11 is 0. The summed E-state index contributed by atoms with van der Waals surface area (Å²) in [6.45, 7) is 2.27. The van der Waals surface area contributed by atoms with E-state index in [1.54, 1.807) is 13.3 Å². The number of hydrogen-bond donors (Lipinski definition) is 1. The molecule has 0 saturated heterocycles. The van der Waals surface area contributed by atoms with Crippen LogP contribution in [0.15, 0.2) is 65.9 Å². The molecule has 0 atom stereocenters. The first-order chi connectivity index (χ1) is 19.2. The van der Waals surface area contributed by atoms with Crippen molar-refractivity contribution in [2.75, 3.05) is 7.11 Å². The fourth-order valence-corrected chi connectivity index (χ4v) is 4.70. The molecule has 0 aliphatic carbocycles. The number of nitrogens with one attached hydrogen (secondary N) is 1. The minimum atomic E-state index is -0.0456. The van der Waals surface area contributed by atoms with Crippen LogP contribution in [0.4, 0.5) is 0 Å². The zero-order chi connectivity index (χ0) is 27.5. The van der Waals surface area contributed by atoms with E-state index in [1.165, 1.54) is 70.6 Å². The van der Waals surface area contributed by atoms with Gasteiger partial charge in [-0.3, -0.25) is 4.79 Å². The standard InChI is InChI=1S/C33H46N4O2/c1-3-4-5-6-7-8-9-10-11-12-13-14-18-21-32(38)35-34-26-29-27-37(30-19-16-15-17-20-30)36-33(29)28-22-24-31(39-2)25-23-28/h15-17,19-20,22-27H,3-14,18,21H2,1-2H3,(H,35,38)/b34-26+. The van der Waals surface area contributed by atoms with Crippen molar-refractivity contribution >= 4 is 12.1 Å². The lowest BCUT2D eigenvalue weighted by Gasteiger charge is -2.03. The molecule has 6 heteroatoms. The van der Waals surface area contributed by atoms with Crippen LogP contribution in [0.5, 0.6) is 5.75 Å². The van der Waals surface area contributed by atoms with E-state index in [4.69, 9.17) is 9.84 Å². The van der Waals surface area contributed by atoms with E-state index in [-0.39, 0.29) is 5.91 Å². The quantitative estimate of drug-likeness (QED) is 0.0960. The van der Waals surface area contributed by atoms with Gasteiger partial charge in [0.2, 0.25) is 5.91 Å². The number of hydrazone groups is 1. The lowest BCUT2D eigenvalue weighted by molar-refractivity contribution is -0.121. The second-order valence-corrected chi connectivity index (χ2v) is 10.2. The zero-order valence-electron chi connectivity index (χ0n) is 23.9. The SMILES string of the molecule is CCCCCCCCCCCCCCCC(=O)N/N=C/c1cn(-c2ccccc2)nc1-c1ccc(OC)cc1. The van der Waals surface area contributed by atoms with Gasteiger partial charge in [0, 0.05) is 23.7 Å². The molecule has 6 nitrogen and oxygen atoms in total. The van der Waals surface area contributed by atoms with Crippen molar-refractivity contribution in [3.8, 4) is 22.7 Å². The summed E-state index contributed by atoms with van der Waals surface area (Å²) in [5.41, 5.74) is 6.21. The molecule has 1 amide bonds. The van der Waals surface area contributed by atoms with Gasteiger partial charge in [-0.1, -0.05) is 102 Å². The highest BCUT2D eigenvalue weighted by Crippen LogP contribution is 2.25. The summed E-state index contributed by atoms with van der Waals surface area (Å²) < 4.78 is 7.12. The van der Waals surface area contributed by atoms with Crippen LogP contribution in [0, 0.1) is 0 Å². The van der Waals surface area contributed by atoms with Crippen molar-refractivity contribution in [2.45, 2.75) is 96.8 Å². The summed E-state index contributed by atoms with van der Waals surface area (Å²) in [5.74, 6) is 0.743. The summed E-state index contributed by atoms with van der Waals surface area (Å²) in [4.78, 5) is 12.3. The second-order valence-electron chi connectivity index (χ2n) is 10.2. The van der Waals surface area contributed by atoms with Crippen molar-refractivity contribution in [2.24, 2.45) is 5.10 Å². The minimum absolute atomic E-state index is 0.0456. The lowest BCUT2D eigenvalue weighted by Crippen LogP contribution is -2.16. The zero-order valence-corrected chi connectivity index (χ0v) is 23.9. The van der Waals surface area contributed by atoms with E-state index < -0.39 is 0 Å². The number of hydrogen-bond acceptors (Lipinski definition) is 4. The number of rotatable bonds is 19. The van der Waals surface area contributed by atoms with Gasteiger partial charge in [-0.05, 0) is 42.8 Å². The molecular formula is C33H46N4O2. The van der Waals surface area contributed by atoms with Crippen LogP contribution < -0.4 is 10.2 Å². The van der Waals surface area contributed by atoms with E-state index in [0.717, 1.165) is 41.1 Å². The van der Waals surface area contributed by atoms with Gasteiger partial charge < -0.3 is 4.74 Å². The third-order valence-corrected chi connectivity index (χ3v) is 7.03. The molecule has 0 unspecified atom stereocenters. The number of unbranched alkanes of at least 4 members (excludes halogenated alkanes) is 12. The third-order valence-electron chi connectivity index (χ3n) is 7.03. The number of methoxy groups -OCH3 is 1. The van der Waals surface area contributed by atoms with Crippen LogP contribution >= 0.6 is 0 Å². The third kappa shape index (κ3) is 11.1. The molecule has 39 heavy (non-hydrogen) atoms. The molecule has 210 valence electrons. The van der Waals surface area contributed by atoms with E-state index >= 15 is 0 Å². The summed E-state index contributed by atoms with van der Waals surface area (Å²) in [7, 11) is 1.65. The second kappa shape index (κ2) is 18.0. The molecule has 0 aliphatic heterocycles. The summed E-state index contributed by atoms with van der Waals surface area (Å²) in [6.07, 6.45) is 20.9. The van der Waals surface area contributed by atoms with Crippen molar-refractivity contribution < 1.29 is 9.53 Å². The normalized spacial score (nSPS) is 11.2. The number of aromatic nitrogens is 2. The maximum atomic E-state index is 12.3. The number of nitrogens with zero attached hydrogens (tertiary/aromatic N) is 3. The van der Waals surface area contributed by atoms with Crippen LogP contribution in [-0.4, -0.2) is 29.0 Å². The molecule has 0 bridgehead atoms. The van der Waals surface area contributed by atoms with Crippen molar-refractivity contribution in [3.63, 3.8) is 0 Å². The Morgan fingerprint density at radius 3 is 2.03 bits per heavy atom. The lowest BCUT2D eigenvalue weighted by atomic mass is 10.0. The fraction of sp³-hybridized carbons (Fsp3) is 0.485. The topological polar surface area (TPSA) is 68.5 Å². The number of benzene rings is 2. The van der Waals surface area contributed by atoms with Crippen molar-refractivity contribution in [1.82, 2.24) is 15.2 Å². The molecule has 1 aromatic heterocycles. The highest BCUT2D eigenvalue weighted by Gasteiger charge is 2.11. The Bertz CT molecular complexity index is 1110. The van der Waals surface area contributed by atoms with Crippen molar-refractivity contribution in [3.05, 3.63) is 66.4 Å². The molecule has 3 aromatic rings. The molecular weight excluding hydrogens is 484 g/mol. The predicted molar refractivity (Wildman–Crippen MR) is 162 cm³/mol. The minimum Gasteiger partial charge on any atom is -0.497 e. The van der Waals surface area contributed by atoms with Crippen LogP contribution in [0.1, 0.15) is 102 Å². The van der Waals surface area contributed by atoms with Gasteiger partial charge in [0.15, 0.2) is 0 Å². The van der Waals surface area contributed by atoms with Gasteiger partial charge in [-0.2, -0.15) is 10.2 Å². The highest BCUT2D eigenvalue weighted by molar-refractivity contribution is 5.89. The van der Waals surface area contributed by atoms with Crippen LogP contribution in [0.25, 0.3) is 16.9 Å². The van der Waals surface area contributed by atoms with Gasteiger partial charge in [0.05, 0.1) is 19.0 Å². The molecule has 0 spiro atoms. The summed E-state index contributed by atoms with van der Waals surface area (Å²) in [6, 6.07) is 17.7. The molecule has 0 aliphatic rings. The van der Waals surface area contributed by atoms with Gasteiger partial charge in [-0.15, -0.1) is 0 Å². The van der Waals surface area contributed by atoms with Gasteiger partial charge in [0.1, 0.15) is 11.4 Å². The molecule has 1 N–H and O–H groups in total. The van der Waals surface area contributed by atoms with E-state index in [0.29, 0.717) is 6.42 Å². The summed E-state index contributed by atoms with van der Waals surface area (Å²) in [5, 5.41) is 9.04. The van der Waals surface area contributed by atoms with E-state index in [2.05, 4.69) is 17.5 Å². The molecule has 1 heterocycles. The number of carbonyl (C=O) groups excluding carboxylic acids is 1. The average Bonchev–Trinajstić information content (AvgIpc) is 3.40. The number of carbonyl (C=O) groups is 1. The average molecular weight is 531 g/mol. The van der Waals surface area contributed by atoms with E-state index in [1.807, 2.05) is 65.5 Å². The molecule has 3 rings (SSSR count). The number of ether oxygens (including phenoxy) is 1. The smallest absolute Gasteiger partial charge is 0.240 e. The first kappa shape index (κ1) is 30.1. The molecule has 0 radical (unpaired) electrons. The number of para-hydroxylation sites is 1. The van der Waals surface area contributed by atoms with Crippen molar-refractivity contribution in [1.29, 1.82) is 0 Å². The van der Waals surface area contributed by atoms with Crippen LogP contribution in [0.2, 0.25) is 0 Å². The van der Waals surface area contributed by atoms with Gasteiger partial charge >= 0.3 is 0 Å². The Balaban J connectivity index is 1.39. The first-order valence-electron chi connectivity index (χ1n) is 14.8. The van der Waals surface area contributed by atoms with Crippen LogP contribution in [0.3, 0.4) is 0 Å².